The molecular formula is C17H26N4O2S2. The summed E-state index contributed by atoms with van der Waals surface area (Å²) in [5.74, 6) is 2.62. The Morgan fingerprint density at radius 3 is 2.76 bits per heavy atom. The van der Waals surface area contributed by atoms with Crippen molar-refractivity contribution in [2.45, 2.75) is 13.3 Å². The van der Waals surface area contributed by atoms with E-state index in [9.17, 15) is 8.42 Å². The van der Waals surface area contributed by atoms with Crippen LogP contribution in [0.15, 0.2) is 29.3 Å². The number of benzene rings is 1. The molecule has 1 fully saturated rings. The molecule has 0 atom stereocenters. The van der Waals surface area contributed by atoms with Crippen molar-refractivity contribution in [3.63, 3.8) is 0 Å². The number of thioether (sulfide) groups is 1. The third-order valence-electron chi connectivity index (χ3n) is 4.45. The van der Waals surface area contributed by atoms with Crippen molar-refractivity contribution in [1.82, 2.24) is 9.62 Å². The summed E-state index contributed by atoms with van der Waals surface area (Å²) in [5, 5.41) is 3.30. The minimum Gasteiger partial charge on any atom is -0.356 e. The maximum absolute atomic E-state index is 12.5. The first kappa shape index (κ1) is 18.5. The molecule has 3 rings (SSSR count). The lowest BCUT2D eigenvalue weighted by molar-refractivity contribution is 0.444. The molecule has 8 heteroatoms. The number of hydrogen-bond acceptors (Lipinski definition) is 4. The highest BCUT2D eigenvalue weighted by atomic mass is 32.2. The molecule has 0 bridgehead atoms. The molecule has 0 aromatic heterocycles. The van der Waals surface area contributed by atoms with Gasteiger partial charge in [-0.3, -0.25) is 4.99 Å². The summed E-state index contributed by atoms with van der Waals surface area (Å²) in [6.07, 6.45) is 0.990. The van der Waals surface area contributed by atoms with Gasteiger partial charge in [0.25, 0.3) is 0 Å². The lowest BCUT2D eigenvalue weighted by Crippen LogP contribution is -2.42. The van der Waals surface area contributed by atoms with Crippen molar-refractivity contribution < 1.29 is 8.42 Å². The molecule has 1 N–H and O–H groups in total. The maximum atomic E-state index is 12.5. The summed E-state index contributed by atoms with van der Waals surface area (Å²) in [5.41, 5.74) is 2.48. The molecule has 0 amide bonds. The number of para-hydroxylation sites is 1. The van der Waals surface area contributed by atoms with Crippen LogP contribution < -0.4 is 10.2 Å². The van der Waals surface area contributed by atoms with E-state index in [4.69, 9.17) is 0 Å². The van der Waals surface area contributed by atoms with Crippen LogP contribution in [-0.2, 0) is 16.4 Å². The van der Waals surface area contributed by atoms with Crippen molar-refractivity contribution in [3.8, 4) is 0 Å². The number of guanidine groups is 1. The Morgan fingerprint density at radius 1 is 1.24 bits per heavy atom. The van der Waals surface area contributed by atoms with Crippen molar-refractivity contribution in [2.24, 2.45) is 4.99 Å². The average Bonchev–Trinajstić information content (AvgIpc) is 3.06. The lowest BCUT2D eigenvalue weighted by Gasteiger charge is -2.25. The van der Waals surface area contributed by atoms with Crippen LogP contribution in [0.25, 0.3) is 0 Å². The molecule has 0 saturated carbocycles. The van der Waals surface area contributed by atoms with Crippen LogP contribution in [0.3, 0.4) is 0 Å². The Hall–Kier alpha value is -1.25. The molecule has 2 heterocycles. The molecule has 0 unspecified atom stereocenters. The number of hydrogen-bond donors (Lipinski definition) is 1. The number of fused-ring (bicyclic) bond motifs is 1. The van der Waals surface area contributed by atoms with Crippen LogP contribution in [0.4, 0.5) is 5.69 Å². The largest absolute Gasteiger partial charge is 0.356 e. The SMILES string of the molecule is CCNC(=NCCS(=O)(=O)N1CCSCC1)N1CCc2ccccc21. The van der Waals surface area contributed by atoms with Crippen molar-refractivity contribution >= 4 is 33.4 Å². The second-order valence-corrected chi connectivity index (χ2v) is 9.41. The molecule has 2 aliphatic heterocycles. The average molecular weight is 383 g/mol. The summed E-state index contributed by atoms with van der Waals surface area (Å²) in [6.45, 7) is 5.19. The standard InChI is InChI=1S/C17H26N4O2S2/c1-2-18-17(21-9-7-15-5-3-4-6-16(15)21)19-8-14-25(22,23)20-10-12-24-13-11-20/h3-6H,2,7-14H2,1H3,(H,18,19). The molecule has 0 spiro atoms. The van der Waals surface area contributed by atoms with E-state index in [1.165, 1.54) is 5.56 Å². The van der Waals surface area contributed by atoms with Gasteiger partial charge in [0, 0.05) is 43.4 Å². The van der Waals surface area contributed by atoms with Crippen LogP contribution in [0.1, 0.15) is 12.5 Å². The van der Waals surface area contributed by atoms with E-state index in [0.717, 1.165) is 42.7 Å². The summed E-state index contributed by atoms with van der Waals surface area (Å²) < 4.78 is 26.5. The molecule has 25 heavy (non-hydrogen) atoms. The first-order chi connectivity index (χ1) is 12.1. The normalized spacial score (nSPS) is 19.1. The Morgan fingerprint density at radius 2 is 2.00 bits per heavy atom. The van der Waals surface area contributed by atoms with E-state index in [1.54, 1.807) is 4.31 Å². The van der Waals surface area contributed by atoms with Crippen LogP contribution in [0.5, 0.6) is 0 Å². The van der Waals surface area contributed by atoms with Gasteiger partial charge in [0.15, 0.2) is 5.96 Å². The van der Waals surface area contributed by atoms with Gasteiger partial charge >= 0.3 is 0 Å². The summed E-state index contributed by atoms with van der Waals surface area (Å²) in [7, 11) is -3.21. The lowest BCUT2D eigenvalue weighted by atomic mass is 10.2. The number of anilines is 1. The van der Waals surface area contributed by atoms with Gasteiger partial charge in [-0.15, -0.1) is 0 Å². The zero-order chi connectivity index (χ0) is 17.7. The maximum Gasteiger partial charge on any atom is 0.215 e. The number of nitrogens with zero attached hydrogens (tertiary/aromatic N) is 3. The fourth-order valence-electron chi connectivity index (χ4n) is 3.17. The van der Waals surface area contributed by atoms with E-state index in [-0.39, 0.29) is 12.3 Å². The number of rotatable bonds is 5. The minimum atomic E-state index is -3.21. The van der Waals surface area contributed by atoms with Gasteiger partial charge in [0.1, 0.15) is 0 Å². The van der Waals surface area contributed by atoms with E-state index in [1.807, 2.05) is 24.8 Å². The van der Waals surface area contributed by atoms with Crippen molar-refractivity contribution in [1.29, 1.82) is 0 Å². The summed E-state index contributed by atoms with van der Waals surface area (Å²) >= 11 is 1.81. The predicted octanol–water partition coefficient (Wildman–Crippen LogP) is 1.39. The Bertz CT molecular complexity index is 715. The quantitative estimate of drug-likeness (QED) is 0.616. The first-order valence-electron chi connectivity index (χ1n) is 8.81. The topological polar surface area (TPSA) is 65.0 Å². The zero-order valence-electron chi connectivity index (χ0n) is 14.6. The molecule has 0 radical (unpaired) electrons. The second-order valence-electron chi connectivity index (χ2n) is 6.09. The molecule has 138 valence electrons. The predicted molar refractivity (Wildman–Crippen MR) is 106 cm³/mol. The van der Waals surface area contributed by atoms with E-state index in [2.05, 4.69) is 33.4 Å². The smallest absolute Gasteiger partial charge is 0.215 e. The van der Waals surface area contributed by atoms with Crippen LogP contribution in [0, 0.1) is 0 Å². The van der Waals surface area contributed by atoms with E-state index in [0.29, 0.717) is 13.1 Å². The molecule has 6 nitrogen and oxygen atoms in total. The third-order valence-corrected chi connectivity index (χ3v) is 7.24. The summed E-state index contributed by atoms with van der Waals surface area (Å²) in [6, 6.07) is 8.31. The first-order valence-corrected chi connectivity index (χ1v) is 11.6. The minimum absolute atomic E-state index is 0.0715. The molecule has 1 aromatic rings. The van der Waals surface area contributed by atoms with Gasteiger partial charge < -0.3 is 10.2 Å². The Balaban J connectivity index is 1.67. The Kier molecular flexibility index (Phi) is 6.24. The van der Waals surface area contributed by atoms with Crippen molar-refractivity contribution in [3.05, 3.63) is 29.8 Å². The number of aliphatic imine (C=N–C) groups is 1. The zero-order valence-corrected chi connectivity index (χ0v) is 16.3. The third kappa shape index (κ3) is 4.48. The molecule has 1 saturated heterocycles. The molecule has 1 aromatic carbocycles. The van der Waals surface area contributed by atoms with Gasteiger partial charge in [-0.25, -0.2) is 12.7 Å². The highest BCUT2D eigenvalue weighted by Crippen LogP contribution is 2.27. The van der Waals surface area contributed by atoms with Gasteiger partial charge in [0.2, 0.25) is 10.0 Å². The number of nitrogens with one attached hydrogen (secondary N) is 1. The van der Waals surface area contributed by atoms with Gasteiger partial charge in [-0.1, -0.05) is 18.2 Å². The molecular weight excluding hydrogens is 356 g/mol. The van der Waals surface area contributed by atoms with E-state index >= 15 is 0 Å². The number of sulfonamides is 1. The van der Waals surface area contributed by atoms with Gasteiger partial charge in [-0.2, -0.15) is 11.8 Å². The summed E-state index contributed by atoms with van der Waals surface area (Å²) in [4.78, 5) is 6.75. The van der Waals surface area contributed by atoms with E-state index < -0.39 is 10.0 Å². The van der Waals surface area contributed by atoms with Gasteiger partial charge in [0.05, 0.1) is 12.3 Å². The van der Waals surface area contributed by atoms with Gasteiger partial charge in [-0.05, 0) is 25.0 Å². The van der Waals surface area contributed by atoms with Crippen LogP contribution in [-0.4, -0.2) is 68.7 Å². The highest BCUT2D eigenvalue weighted by Gasteiger charge is 2.25. The van der Waals surface area contributed by atoms with Crippen LogP contribution >= 0.6 is 11.8 Å². The second kappa shape index (κ2) is 8.42. The highest BCUT2D eigenvalue weighted by molar-refractivity contribution is 7.99. The molecule has 2 aliphatic rings. The van der Waals surface area contributed by atoms with Crippen LogP contribution in [0.2, 0.25) is 0 Å². The Labute approximate surface area is 154 Å². The fourth-order valence-corrected chi connectivity index (χ4v) is 5.63. The van der Waals surface area contributed by atoms with Crippen molar-refractivity contribution in [2.75, 3.05) is 54.9 Å². The fraction of sp³-hybridized carbons (Fsp3) is 0.588. The monoisotopic (exact) mass is 382 g/mol. The molecule has 0 aliphatic carbocycles.